The molecule has 1 aliphatic heterocycles. The average molecular weight is 225 g/mol. The quantitative estimate of drug-likeness (QED) is 0.785. The third kappa shape index (κ3) is 2.79. The Hall–Kier alpha value is -0.410. The number of aromatic nitrogens is 1. The molecule has 0 N–H and O–H groups in total. The number of hydrogen-bond acceptors (Lipinski definition) is 3. The highest BCUT2D eigenvalue weighted by atomic mass is 32.1. The summed E-state index contributed by atoms with van der Waals surface area (Å²) in [6.45, 7) is 5.21. The zero-order valence-electron chi connectivity index (χ0n) is 9.53. The molecule has 0 radical (unpaired) electrons. The maximum absolute atomic E-state index is 5.75. The van der Waals surface area contributed by atoms with E-state index in [4.69, 9.17) is 4.74 Å². The molecule has 0 bridgehead atoms. The maximum atomic E-state index is 5.75. The van der Waals surface area contributed by atoms with E-state index in [0.29, 0.717) is 12.0 Å². The molecule has 2 atom stereocenters. The second-order valence-corrected chi connectivity index (χ2v) is 5.36. The SMILES string of the molecule is CCCC1CC(c2csc(C)n2)CCO1. The van der Waals surface area contributed by atoms with E-state index in [1.807, 2.05) is 0 Å². The van der Waals surface area contributed by atoms with Gasteiger partial charge in [-0.2, -0.15) is 0 Å². The maximum Gasteiger partial charge on any atom is 0.0897 e. The van der Waals surface area contributed by atoms with Crippen LogP contribution in [-0.2, 0) is 4.74 Å². The van der Waals surface area contributed by atoms with E-state index in [2.05, 4.69) is 24.2 Å². The Bertz CT molecular complexity index is 308. The summed E-state index contributed by atoms with van der Waals surface area (Å²) in [5, 5.41) is 3.40. The monoisotopic (exact) mass is 225 g/mol. The van der Waals surface area contributed by atoms with E-state index in [1.54, 1.807) is 11.3 Å². The second kappa shape index (κ2) is 5.08. The van der Waals surface area contributed by atoms with Crippen LogP contribution < -0.4 is 0 Å². The highest BCUT2D eigenvalue weighted by Gasteiger charge is 2.24. The molecule has 1 saturated heterocycles. The van der Waals surface area contributed by atoms with E-state index < -0.39 is 0 Å². The molecule has 2 heterocycles. The van der Waals surface area contributed by atoms with Crippen LogP contribution in [0.4, 0.5) is 0 Å². The number of thiazole rings is 1. The fourth-order valence-electron chi connectivity index (χ4n) is 2.24. The van der Waals surface area contributed by atoms with Crippen molar-refractivity contribution < 1.29 is 4.74 Å². The van der Waals surface area contributed by atoms with Gasteiger partial charge in [-0.25, -0.2) is 4.98 Å². The van der Waals surface area contributed by atoms with Crippen LogP contribution in [0.1, 0.15) is 49.2 Å². The number of nitrogens with zero attached hydrogens (tertiary/aromatic N) is 1. The molecule has 84 valence electrons. The van der Waals surface area contributed by atoms with Crippen molar-refractivity contribution in [3.05, 3.63) is 16.1 Å². The van der Waals surface area contributed by atoms with E-state index in [0.717, 1.165) is 19.4 Å². The van der Waals surface area contributed by atoms with Gasteiger partial charge in [0.1, 0.15) is 0 Å². The third-order valence-corrected chi connectivity index (χ3v) is 3.82. The lowest BCUT2D eigenvalue weighted by Crippen LogP contribution is -2.24. The lowest BCUT2D eigenvalue weighted by Gasteiger charge is -2.28. The van der Waals surface area contributed by atoms with Crippen LogP contribution in [0, 0.1) is 6.92 Å². The largest absolute Gasteiger partial charge is 0.378 e. The minimum atomic E-state index is 0.468. The summed E-state index contributed by atoms with van der Waals surface area (Å²) >= 11 is 1.76. The van der Waals surface area contributed by atoms with Crippen LogP contribution in [0.2, 0.25) is 0 Å². The summed E-state index contributed by atoms with van der Waals surface area (Å²) in [6.07, 6.45) is 5.18. The van der Waals surface area contributed by atoms with Crippen LogP contribution >= 0.6 is 11.3 Å². The summed E-state index contributed by atoms with van der Waals surface area (Å²) in [5.41, 5.74) is 1.29. The van der Waals surface area contributed by atoms with Crippen LogP contribution in [0.15, 0.2) is 5.38 Å². The standard InChI is InChI=1S/C12H19NOS/c1-3-4-11-7-10(5-6-14-11)12-8-15-9(2)13-12/h8,10-11H,3-7H2,1-2H3. The minimum absolute atomic E-state index is 0.468. The van der Waals surface area contributed by atoms with Crippen molar-refractivity contribution in [3.63, 3.8) is 0 Å². The number of rotatable bonds is 3. The molecule has 1 aromatic heterocycles. The second-order valence-electron chi connectivity index (χ2n) is 4.29. The summed E-state index contributed by atoms with van der Waals surface area (Å²) in [5.74, 6) is 0.639. The molecule has 0 spiro atoms. The first-order chi connectivity index (χ1) is 7.29. The van der Waals surface area contributed by atoms with E-state index in [1.165, 1.54) is 23.5 Å². The molecule has 1 fully saturated rings. The van der Waals surface area contributed by atoms with Crippen molar-refractivity contribution >= 4 is 11.3 Å². The Morgan fingerprint density at radius 3 is 3.13 bits per heavy atom. The van der Waals surface area contributed by atoms with Gasteiger partial charge < -0.3 is 4.74 Å². The number of hydrogen-bond donors (Lipinski definition) is 0. The van der Waals surface area contributed by atoms with Gasteiger partial charge in [0.2, 0.25) is 0 Å². The van der Waals surface area contributed by atoms with Gasteiger partial charge >= 0.3 is 0 Å². The summed E-state index contributed by atoms with van der Waals surface area (Å²) in [7, 11) is 0. The van der Waals surface area contributed by atoms with Gasteiger partial charge in [0.05, 0.1) is 16.8 Å². The molecule has 0 aromatic carbocycles. The molecule has 1 aliphatic rings. The smallest absolute Gasteiger partial charge is 0.0897 e. The van der Waals surface area contributed by atoms with Crippen molar-refractivity contribution in [2.75, 3.05) is 6.61 Å². The molecule has 3 heteroatoms. The fourth-order valence-corrected chi connectivity index (χ4v) is 2.93. The topological polar surface area (TPSA) is 22.1 Å². The van der Waals surface area contributed by atoms with Crippen molar-refractivity contribution in [2.24, 2.45) is 0 Å². The first kappa shape index (κ1) is 11.1. The highest BCUT2D eigenvalue weighted by molar-refractivity contribution is 7.09. The number of aryl methyl sites for hydroxylation is 1. The molecule has 0 amide bonds. The predicted octanol–water partition coefficient (Wildman–Crippen LogP) is 3.51. The van der Waals surface area contributed by atoms with Crippen molar-refractivity contribution in [3.8, 4) is 0 Å². The van der Waals surface area contributed by atoms with Gasteiger partial charge in [0, 0.05) is 17.9 Å². The number of ether oxygens (including phenoxy) is 1. The normalized spacial score (nSPS) is 26.8. The van der Waals surface area contributed by atoms with Gasteiger partial charge in [-0.1, -0.05) is 13.3 Å². The molecule has 1 aromatic rings. The molecule has 0 aliphatic carbocycles. The zero-order valence-corrected chi connectivity index (χ0v) is 10.3. The molecule has 2 nitrogen and oxygen atoms in total. The first-order valence-corrected chi connectivity index (χ1v) is 6.71. The van der Waals surface area contributed by atoms with Crippen LogP contribution in [0.25, 0.3) is 0 Å². The Labute approximate surface area is 95.7 Å². The fraction of sp³-hybridized carbons (Fsp3) is 0.750. The van der Waals surface area contributed by atoms with Crippen molar-refractivity contribution in [2.45, 2.75) is 51.6 Å². The Morgan fingerprint density at radius 2 is 2.47 bits per heavy atom. The molecule has 15 heavy (non-hydrogen) atoms. The van der Waals surface area contributed by atoms with E-state index >= 15 is 0 Å². The van der Waals surface area contributed by atoms with Gasteiger partial charge in [-0.15, -0.1) is 11.3 Å². The van der Waals surface area contributed by atoms with Crippen LogP contribution in [0.3, 0.4) is 0 Å². The van der Waals surface area contributed by atoms with Gasteiger partial charge in [0.25, 0.3) is 0 Å². The van der Waals surface area contributed by atoms with Gasteiger partial charge in [-0.05, 0) is 26.2 Å². The lowest BCUT2D eigenvalue weighted by atomic mass is 9.91. The summed E-state index contributed by atoms with van der Waals surface area (Å²) < 4.78 is 5.75. The highest BCUT2D eigenvalue weighted by Crippen LogP contribution is 2.31. The molecule has 2 rings (SSSR count). The molecule has 0 saturated carbocycles. The van der Waals surface area contributed by atoms with Gasteiger partial charge in [-0.3, -0.25) is 0 Å². The van der Waals surface area contributed by atoms with Crippen LogP contribution in [0.5, 0.6) is 0 Å². The molecule has 2 unspecified atom stereocenters. The predicted molar refractivity (Wildman–Crippen MR) is 63.5 cm³/mol. The zero-order chi connectivity index (χ0) is 10.7. The van der Waals surface area contributed by atoms with E-state index in [9.17, 15) is 0 Å². The van der Waals surface area contributed by atoms with Crippen LogP contribution in [-0.4, -0.2) is 17.7 Å². The molecular weight excluding hydrogens is 206 g/mol. The Morgan fingerprint density at radius 1 is 1.60 bits per heavy atom. The van der Waals surface area contributed by atoms with Gasteiger partial charge in [0.15, 0.2) is 0 Å². The minimum Gasteiger partial charge on any atom is -0.378 e. The third-order valence-electron chi connectivity index (χ3n) is 3.03. The first-order valence-electron chi connectivity index (χ1n) is 5.83. The average Bonchev–Trinajstić information content (AvgIpc) is 2.66. The Balaban J connectivity index is 1.98. The summed E-state index contributed by atoms with van der Waals surface area (Å²) in [4.78, 5) is 4.59. The summed E-state index contributed by atoms with van der Waals surface area (Å²) in [6, 6.07) is 0. The van der Waals surface area contributed by atoms with Crippen molar-refractivity contribution in [1.29, 1.82) is 0 Å². The van der Waals surface area contributed by atoms with Crippen molar-refractivity contribution in [1.82, 2.24) is 4.98 Å². The Kier molecular flexibility index (Phi) is 3.76. The van der Waals surface area contributed by atoms with E-state index in [-0.39, 0.29) is 0 Å². The molecular formula is C12H19NOS. The lowest BCUT2D eigenvalue weighted by molar-refractivity contribution is 0.00110.